The van der Waals surface area contributed by atoms with Crippen LogP contribution in [-0.2, 0) is 21.4 Å². The van der Waals surface area contributed by atoms with Gasteiger partial charge < -0.3 is 9.47 Å². The Labute approximate surface area is 170 Å². The molecule has 1 aromatic carbocycles. The Kier molecular flexibility index (Phi) is 6.41. The van der Waals surface area contributed by atoms with Gasteiger partial charge in [0.1, 0.15) is 6.33 Å². The van der Waals surface area contributed by atoms with E-state index in [0.29, 0.717) is 36.2 Å². The monoisotopic (exact) mass is 423 g/mol. The summed E-state index contributed by atoms with van der Waals surface area (Å²) in [5, 5.41) is 8.58. The normalized spacial score (nSPS) is 15.8. The van der Waals surface area contributed by atoms with Crippen LogP contribution in [0.4, 0.5) is 0 Å². The van der Waals surface area contributed by atoms with Crippen LogP contribution in [0.25, 0.3) is 0 Å². The van der Waals surface area contributed by atoms with Crippen LogP contribution in [-0.4, -0.2) is 70.2 Å². The van der Waals surface area contributed by atoms with Crippen molar-refractivity contribution in [2.45, 2.75) is 37.4 Å². The second-order valence-electron chi connectivity index (χ2n) is 6.74. The summed E-state index contributed by atoms with van der Waals surface area (Å²) in [6.07, 6.45) is 1.64. The molecule has 0 radical (unpaired) electrons. The van der Waals surface area contributed by atoms with Gasteiger partial charge in [-0.05, 0) is 32.4 Å². The van der Waals surface area contributed by atoms with Gasteiger partial charge in [0.15, 0.2) is 5.16 Å². The molecule has 0 aliphatic carbocycles. The summed E-state index contributed by atoms with van der Waals surface area (Å²) in [5.74, 6) is 0.252. The molecular formula is C18H25N5O3S2. The number of aryl methyl sites for hydroxylation is 3. The predicted octanol–water partition coefficient (Wildman–Crippen LogP) is 1.54. The van der Waals surface area contributed by atoms with E-state index in [0.717, 1.165) is 17.7 Å². The van der Waals surface area contributed by atoms with E-state index in [1.807, 2.05) is 37.5 Å². The average Bonchev–Trinajstić information content (AvgIpc) is 3.13. The largest absolute Gasteiger partial charge is 0.339 e. The van der Waals surface area contributed by atoms with Crippen molar-refractivity contribution in [2.24, 2.45) is 0 Å². The summed E-state index contributed by atoms with van der Waals surface area (Å²) in [7, 11) is -3.55. The first-order valence-electron chi connectivity index (χ1n) is 9.18. The highest BCUT2D eigenvalue weighted by Crippen LogP contribution is 2.22. The number of hydrogen-bond donors (Lipinski definition) is 0. The van der Waals surface area contributed by atoms with Gasteiger partial charge >= 0.3 is 0 Å². The summed E-state index contributed by atoms with van der Waals surface area (Å²) in [4.78, 5) is 14.5. The lowest BCUT2D eigenvalue weighted by Crippen LogP contribution is -2.51. The van der Waals surface area contributed by atoms with E-state index in [1.165, 1.54) is 16.1 Å². The van der Waals surface area contributed by atoms with Crippen LogP contribution in [0.2, 0.25) is 0 Å². The zero-order valence-electron chi connectivity index (χ0n) is 16.3. The van der Waals surface area contributed by atoms with Gasteiger partial charge in [0.25, 0.3) is 0 Å². The third-order valence-corrected chi connectivity index (χ3v) is 7.81. The molecule has 1 amide bonds. The molecule has 0 atom stereocenters. The Bertz CT molecular complexity index is 950. The summed E-state index contributed by atoms with van der Waals surface area (Å²) in [6.45, 7) is 7.88. The zero-order valence-corrected chi connectivity index (χ0v) is 18.0. The second-order valence-corrected chi connectivity index (χ2v) is 9.59. The number of piperazine rings is 1. The van der Waals surface area contributed by atoms with E-state index >= 15 is 0 Å². The molecule has 0 bridgehead atoms. The Hall–Kier alpha value is -1.91. The van der Waals surface area contributed by atoms with Gasteiger partial charge in [-0.2, -0.15) is 4.31 Å². The highest BCUT2D eigenvalue weighted by atomic mass is 32.2. The minimum Gasteiger partial charge on any atom is -0.339 e. The SMILES string of the molecule is CCn1cnnc1SCC(=O)N1CCN(S(=O)(=O)c2ccc(C)cc2C)CC1. The molecule has 0 N–H and O–H groups in total. The van der Waals surface area contributed by atoms with E-state index in [-0.39, 0.29) is 11.7 Å². The lowest BCUT2D eigenvalue weighted by Gasteiger charge is -2.34. The quantitative estimate of drug-likeness (QED) is 0.655. The molecule has 0 unspecified atom stereocenters. The van der Waals surface area contributed by atoms with Crippen LogP contribution in [0, 0.1) is 13.8 Å². The van der Waals surface area contributed by atoms with Crippen molar-refractivity contribution < 1.29 is 13.2 Å². The molecule has 1 aliphatic rings. The van der Waals surface area contributed by atoms with Crippen LogP contribution < -0.4 is 0 Å². The number of carbonyl (C=O) groups excluding carboxylic acids is 1. The van der Waals surface area contributed by atoms with Crippen molar-refractivity contribution >= 4 is 27.7 Å². The van der Waals surface area contributed by atoms with E-state index in [2.05, 4.69) is 10.2 Å². The minimum absolute atomic E-state index is 0.0146. The van der Waals surface area contributed by atoms with Crippen molar-refractivity contribution in [1.29, 1.82) is 0 Å². The minimum atomic E-state index is -3.55. The lowest BCUT2D eigenvalue weighted by atomic mass is 10.2. The molecule has 0 spiro atoms. The first-order valence-corrected chi connectivity index (χ1v) is 11.6. The number of aromatic nitrogens is 3. The standard InChI is InChI=1S/C18H25N5O3S2/c1-4-21-13-19-20-18(21)27-12-17(24)22-7-9-23(10-8-22)28(25,26)16-6-5-14(2)11-15(16)3/h5-6,11,13H,4,7-10,12H2,1-3H3. The van der Waals surface area contributed by atoms with Crippen molar-refractivity contribution in [1.82, 2.24) is 24.0 Å². The number of hydrogen-bond acceptors (Lipinski definition) is 6. The molecule has 8 nitrogen and oxygen atoms in total. The number of thioether (sulfide) groups is 1. The summed E-state index contributed by atoms with van der Waals surface area (Å²) >= 11 is 1.35. The Morgan fingerprint density at radius 3 is 2.54 bits per heavy atom. The first kappa shape index (κ1) is 20.8. The molecule has 2 heterocycles. The summed E-state index contributed by atoms with van der Waals surface area (Å²) in [5.41, 5.74) is 1.78. The van der Waals surface area contributed by atoms with Crippen molar-refractivity contribution in [3.8, 4) is 0 Å². The van der Waals surface area contributed by atoms with Crippen molar-refractivity contribution in [3.63, 3.8) is 0 Å². The van der Waals surface area contributed by atoms with Gasteiger partial charge in [0.2, 0.25) is 15.9 Å². The number of sulfonamides is 1. The highest BCUT2D eigenvalue weighted by molar-refractivity contribution is 7.99. The lowest BCUT2D eigenvalue weighted by molar-refractivity contribution is -0.129. The molecule has 28 heavy (non-hydrogen) atoms. The van der Waals surface area contributed by atoms with Gasteiger partial charge in [0.05, 0.1) is 10.6 Å². The zero-order chi connectivity index (χ0) is 20.3. The Morgan fingerprint density at radius 2 is 1.89 bits per heavy atom. The number of carbonyl (C=O) groups is 1. The topological polar surface area (TPSA) is 88.4 Å². The summed E-state index contributed by atoms with van der Waals surface area (Å²) in [6, 6.07) is 5.35. The van der Waals surface area contributed by atoms with Gasteiger partial charge in [-0.3, -0.25) is 4.79 Å². The fraction of sp³-hybridized carbons (Fsp3) is 0.500. The highest BCUT2D eigenvalue weighted by Gasteiger charge is 2.31. The van der Waals surface area contributed by atoms with Crippen LogP contribution in [0.5, 0.6) is 0 Å². The predicted molar refractivity (Wildman–Crippen MR) is 108 cm³/mol. The van der Waals surface area contributed by atoms with Crippen LogP contribution in [0.1, 0.15) is 18.1 Å². The molecule has 3 rings (SSSR count). The van der Waals surface area contributed by atoms with Crippen LogP contribution in [0.3, 0.4) is 0 Å². The molecule has 1 aromatic heterocycles. The first-order chi connectivity index (χ1) is 13.3. The third kappa shape index (κ3) is 4.39. The van der Waals surface area contributed by atoms with Gasteiger partial charge in [-0.1, -0.05) is 29.5 Å². The number of rotatable bonds is 6. The average molecular weight is 424 g/mol. The molecule has 1 fully saturated rings. The van der Waals surface area contributed by atoms with E-state index in [9.17, 15) is 13.2 Å². The van der Waals surface area contributed by atoms with Crippen LogP contribution in [0.15, 0.2) is 34.6 Å². The fourth-order valence-electron chi connectivity index (χ4n) is 3.20. The summed E-state index contributed by atoms with van der Waals surface area (Å²) < 4.78 is 29.2. The third-order valence-electron chi connectivity index (χ3n) is 4.79. The number of amides is 1. The fourth-order valence-corrected chi connectivity index (χ4v) is 5.71. The molecule has 2 aromatic rings. The maximum absolute atomic E-state index is 12.9. The Morgan fingerprint density at radius 1 is 1.18 bits per heavy atom. The van der Waals surface area contributed by atoms with Gasteiger partial charge in [0, 0.05) is 32.7 Å². The van der Waals surface area contributed by atoms with Gasteiger partial charge in [-0.15, -0.1) is 10.2 Å². The molecular weight excluding hydrogens is 398 g/mol. The maximum atomic E-state index is 12.9. The molecule has 152 valence electrons. The van der Waals surface area contributed by atoms with E-state index < -0.39 is 10.0 Å². The number of benzene rings is 1. The molecule has 1 aliphatic heterocycles. The molecule has 0 saturated carbocycles. The number of nitrogens with zero attached hydrogens (tertiary/aromatic N) is 5. The Balaban J connectivity index is 1.58. The maximum Gasteiger partial charge on any atom is 0.243 e. The molecule has 1 saturated heterocycles. The van der Waals surface area contributed by atoms with E-state index in [1.54, 1.807) is 17.3 Å². The molecule has 10 heteroatoms. The van der Waals surface area contributed by atoms with E-state index in [4.69, 9.17) is 0 Å². The second kappa shape index (κ2) is 8.62. The van der Waals surface area contributed by atoms with Crippen molar-refractivity contribution in [3.05, 3.63) is 35.7 Å². The van der Waals surface area contributed by atoms with Crippen LogP contribution >= 0.6 is 11.8 Å². The van der Waals surface area contributed by atoms with Gasteiger partial charge in [-0.25, -0.2) is 8.42 Å². The van der Waals surface area contributed by atoms with Crippen molar-refractivity contribution in [2.75, 3.05) is 31.9 Å². The smallest absolute Gasteiger partial charge is 0.243 e.